The monoisotopic (exact) mass is 1230 g/mol. The molecule has 0 rings (SSSR count). The van der Waals surface area contributed by atoms with Gasteiger partial charge in [0, 0.05) is 12.8 Å². The molecule has 0 spiro atoms. The van der Waals surface area contributed by atoms with Gasteiger partial charge in [0.05, 0.1) is 27.7 Å². The smallest absolute Gasteiger partial charge is 0.462 e. The third kappa shape index (κ3) is 72.0. The average molecular weight is 1230 g/mol. The number of ether oxygens (including phenoxy) is 2. The first kappa shape index (κ1) is 84.0. The number of rotatable bonds is 73. The maximum atomic E-state index is 12.9. The first-order valence-corrected chi connectivity index (χ1v) is 39.8. The molecule has 2 unspecified atom stereocenters. The number of phosphoric ester groups is 1. The van der Waals surface area contributed by atoms with Crippen molar-refractivity contribution in [2.75, 3.05) is 47.5 Å². The molecule has 85 heavy (non-hydrogen) atoms. The summed E-state index contributed by atoms with van der Waals surface area (Å²) in [6.07, 6.45) is 82.5. The Bertz CT molecular complexity index is 1390. The molecule has 0 heterocycles. The Morgan fingerprint density at radius 1 is 0.318 bits per heavy atom. The molecule has 0 aliphatic heterocycles. The lowest BCUT2D eigenvalue weighted by molar-refractivity contribution is -0.870. The van der Waals surface area contributed by atoms with Crippen molar-refractivity contribution < 1.29 is 42.1 Å². The molecule has 0 fully saturated rings. The average Bonchev–Trinajstić information content (AvgIpc) is 3.50. The van der Waals surface area contributed by atoms with Crippen LogP contribution >= 0.6 is 7.82 Å². The predicted octanol–water partition coefficient (Wildman–Crippen LogP) is 24.9. The summed E-state index contributed by atoms with van der Waals surface area (Å²) in [6, 6.07) is 0. The second kappa shape index (κ2) is 67.4. The third-order valence-electron chi connectivity index (χ3n) is 17.9. The molecule has 0 amide bonds. The number of unbranched alkanes of at least 4 members (excludes halogenated alkanes) is 59. The molecule has 0 bridgehead atoms. The van der Waals surface area contributed by atoms with E-state index in [9.17, 15) is 19.0 Å². The molecule has 0 aromatic heterocycles. The Morgan fingerprint density at radius 2 is 0.529 bits per heavy atom. The number of quaternary nitrogens is 1. The first-order valence-electron chi connectivity index (χ1n) is 38.3. The molecule has 0 aromatic carbocycles. The summed E-state index contributed by atoms with van der Waals surface area (Å²) in [6.45, 7) is 4.54. The van der Waals surface area contributed by atoms with Gasteiger partial charge in [-0.15, -0.1) is 0 Å². The molecule has 0 aliphatic rings. The Morgan fingerprint density at radius 3 is 0.753 bits per heavy atom. The van der Waals surface area contributed by atoms with E-state index in [-0.39, 0.29) is 25.6 Å². The first-order chi connectivity index (χ1) is 41.5. The molecular formula is C75H151NO8P+. The minimum absolute atomic E-state index is 0.0378. The highest BCUT2D eigenvalue weighted by Gasteiger charge is 2.27. The van der Waals surface area contributed by atoms with Crippen LogP contribution in [-0.4, -0.2) is 74.9 Å². The second-order valence-corrected chi connectivity index (χ2v) is 29.2. The van der Waals surface area contributed by atoms with E-state index in [0.717, 1.165) is 38.5 Å². The van der Waals surface area contributed by atoms with Crippen molar-refractivity contribution in [1.29, 1.82) is 0 Å². The fraction of sp³-hybridized carbons (Fsp3) is 0.973. The van der Waals surface area contributed by atoms with Crippen molar-refractivity contribution in [3.63, 3.8) is 0 Å². The van der Waals surface area contributed by atoms with Gasteiger partial charge in [0.15, 0.2) is 6.10 Å². The van der Waals surface area contributed by atoms with Crippen LogP contribution in [0.4, 0.5) is 0 Å². The van der Waals surface area contributed by atoms with Gasteiger partial charge in [-0.2, -0.15) is 0 Å². The fourth-order valence-corrected chi connectivity index (χ4v) is 12.8. The summed E-state index contributed by atoms with van der Waals surface area (Å²) in [5, 5.41) is 0. The highest BCUT2D eigenvalue weighted by molar-refractivity contribution is 7.47. The lowest BCUT2D eigenvalue weighted by atomic mass is 10.0. The van der Waals surface area contributed by atoms with Gasteiger partial charge in [-0.05, 0) is 12.8 Å². The number of carbonyl (C=O) groups excluding carboxylic acids is 2. The Labute approximate surface area is 531 Å². The van der Waals surface area contributed by atoms with Crippen molar-refractivity contribution in [2.45, 2.75) is 424 Å². The molecule has 10 heteroatoms. The summed E-state index contributed by atoms with van der Waals surface area (Å²) in [5.74, 6) is -0.766. The summed E-state index contributed by atoms with van der Waals surface area (Å²) in [4.78, 5) is 35.9. The van der Waals surface area contributed by atoms with Crippen LogP contribution in [0.5, 0.6) is 0 Å². The van der Waals surface area contributed by atoms with Gasteiger partial charge in [-0.1, -0.05) is 393 Å². The molecule has 1 N–H and O–H groups in total. The molecule has 0 saturated heterocycles. The molecule has 0 radical (unpaired) electrons. The minimum Gasteiger partial charge on any atom is -0.462 e. The SMILES string of the molecule is CCCCCCCCCCCCCCCCCCCCCCCCCCCCCCCCCCCCCCCC(=O)OC(COC(=O)CCCCCCCCCCCCCCCCCCCCCCCCCC)COP(=O)(O)OCC[N+](C)(C)C. The zero-order valence-electron chi connectivity index (χ0n) is 58.2. The van der Waals surface area contributed by atoms with Crippen molar-refractivity contribution >= 4 is 19.8 Å². The van der Waals surface area contributed by atoms with E-state index in [1.54, 1.807) is 0 Å². The van der Waals surface area contributed by atoms with Crippen molar-refractivity contribution in [3.05, 3.63) is 0 Å². The summed E-state index contributed by atoms with van der Waals surface area (Å²) in [7, 11) is 1.51. The number of likely N-dealkylation sites (N-methyl/N-ethyl adjacent to an activating group) is 1. The van der Waals surface area contributed by atoms with Gasteiger partial charge in [-0.3, -0.25) is 18.6 Å². The van der Waals surface area contributed by atoms with Gasteiger partial charge < -0.3 is 18.9 Å². The number of hydrogen-bond donors (Lipinski definition) is 1. The fourth-order valence-electron chi connectivity index (χ4n) is 12.0. The van der Waals surface area contributed by atoms with Crippen LogP contribution in [0.2, 0.25) is 0 Å². The lowest BCUT2D eigenvalue weighted by Gasteiger charge is -2.24. The molecule has 9 nitrogen and oxygen atoms in total. The highest BCUT2D eigenvalue weighted by atomic mass is 31.2. The van der Waals surface area contributed by atoms with Gasteiger partial charge in [0.2, 0.25) is 0 Å². The zero-order valence-corrected chi connectivity index (χ0v) is 59.0. The normalized spacial score (nSPS) is 13.0. The van der Waals surface area contributed by atoms with Crippen molar-refractivity contribution in [2.24, 2.45) is 0 Å². The van der Waals surface area contributed by atoms with Gasteiger partial charge >= 0.3 is 19.8 Å². The Kier molecular flexibility index (Phi) is 66.6. The van der Waals surface area contributed by atoms with Crippen LogP contribution in [0, 0.1) is 0 Å². The number of hydrogen-bond acceptors (Lipinski definition) is 7. The Hall–Kier alpha value is -0.990. The number of esters is 2. The number of nitrogens with zero attached hydrogens (tertiary/aromatic N) is 1. The molecule has 0 aromatic rings. The zero-order chi connectivity index (χ0) is 61.9. The number of phosphoric acid groups is 1. The van der Waals surface area contributed by atoms with E-state index in [4.69, 9.17) is 18.5 Å². The second-order valence-electron chi connectivity index (χ2n) is 27.8. The predicted molar refractivity (Wildman–Crippen MR) is 368 cm³/mol. The summed E-state index contributed by atoms with van der Waals surface area (Å²) in [5.41, 5.74) is 0. The van der Waals surface area contributed by atoms with Crippen molar-refractivity contribution in [3.8, 4) is 0 Å². The standard InChI is InChI=1S/C75H150NO8P/c1-6-8-10-12-14-16-18-20-22-24-26-28-30-32-33-34-35-36-37-38-39-40-41-42-43-44-46-48-50-52-54-56-58-60-62-64-66-68-75(78)84-73(72-83-85(79,80)82-70-69-76(3,4)5)71-81-74(77)67-65-63-61-59-57-55-53-51-49-47-45-31-29-27-25-23-21-19-17-15-13-11-9-7-2/h73H,6-72H2,1-5H3/p+1. The van der Waals surface area contributed by atoms with Crippen LogP contribution < -0.4 is 0 Å². The van der Waals surface area contributed by atoms with E-state index >= 15 is 0 Å². The van der Waals surface area contributed by atoms with E-state index in [1.165, 1.54) is 353 Å². The molecule has 0 aliphatic carbocycles. The number of carbonyl (C=O) groups is 2. The van der Waals surface area contributed by atoms with Gasteiger partial charge in [-0.25, -0.2) is 4.57 Å². The molecule has 508 valence electrons. The van der Waals surface area contributed by atoms with Crippen LogP contribution in [0.15, 0.2) is 0 Å². The van der Waals surface area contributed by atoms with Gasteiger partial charge in [0.25, 0.3) is 0 Å². The highest BCUT2D eigenvalue weighted by Crippen LogP contribution is 2.43. The minimum atomic E-state index is -4.39. The van der Waals surface area contributed by atoms with Crippen LogP contribution in [-0.2, 0) is 32.7 Å². The largest absolute Gasteiger partial charge is 0.472 e. The van der Waals surface area contributed by atoms with E-state index < -0.39 is 26.5 Å². The van der Waals surface area contributed by atoms with E-state index in [1.807, 2.05) is 21.1 Å². The third-order valence-corrected chi connectivity index (χ3v) is 18.9. The molecular weight excluding hydrogens is 1070 g/mol. The summed E-state index contributed by atoms with van der Waals surface area (Å²) >= 11 is 0. The quantitative estimate of drug-likeness (QED) is 0.0278. The Balaban J connectivity index is 3.88. The topological polar surface area (TPSA) is 108 Å². The maximum Gasteiger partial charge on any atom is 0.472 e. The van der Waals surface area contributed by atoms with Crippen molar-refractivity contribution in [1.82, 2.24) is 0 Å². The lowest BCUT2D eigenvalue weighted by Crippen LogP contribution is -2.37. The van der Waals surface area contributed by atoms with E-state index in [0.29, 0.717) is 17.4 Å². The summed E-state index contributed by atoms with van der Waals surface area (Å²) < 4.78 is 34.8. The maximum absolute atomic E-state index is 12.9. The van der Waals surface area contributed by atoms with Crippen LogP contribution in [0.3, 0.4) is 0 Å². The molecule has 0 saturated carbocycles. The van der Waals surface area contributed by atoms with Crippen LogP contribution in [0.25, 0.3) is 0 Å². The molecule has 2 atom stereocenters. The van der Waals surface area contributed by atoms with Gasteiger partial charge in [0.1, 0.15) is 19.8 Å². The van der Waals surface area contributed by atoms with Crippen LogP contribution in [0.1, 0.15) is 418 Å². The van der Waals surface area contributed by atoms with E-state index in [2.05, 4.69) is 13.8 Å².